The highest BCUT2D eigenvalue weighted by Crippen LogP contribution is 2.39. The predicted molar refractivity (Wildman–Crippen MR) is 77.4 cm³/mol. The highest BCUT2D eigenvalue weighted by Gasteiger charge is 2.36. The molecule has 2 aromatic rings. The first kappa shape index (κ1) is 12.2. The topological polar surface area (TPSA) is 50.7 Å². The summed E-state index contributed by atoms with van der Waals surface area (Å²) in [6.45, 7) is 2.24. The zero-order valence-corrected chi connectivity index (χ0v) is 12.1. The number of hydrogen-bond acceptors (Lipinski definition) is 6. The largest absolute Gasteiger partial charge is 0.366 e. The summed E-state index contributed by atoms with van der Waals surface area (Å²) in [5, 5.41) is 3.54. The minimum absolute atomic E-state index is 0.600. The smallest absolute Gasteiger partial charge is 0.176 e. The van der Waals surface area contributed by atoms with Crippen LogP contribution in [0.25, 0.3) is 10.3 Å². The predicted octanol–water partition coefficient (Wildman–Crippen LogP) is 3.41. The number of hydrogen-bond donors (Lipinski definition) is 1. The number of nitrogens with one attached hydrogen (secondary N) is 1. The van der Waals surface area contributed by atoms with E-state index in [1.165, 1.54) is 19.3 Å². The van der Waals surface area contributed by atoms with Gasteiger partial charge in [0, 0.05) is 6.04 Å². The lowest BCUT2D eigenvalue weighted by Gasteiger charge is -2.04. The molecule has 0 radical (unpaired) electrons. The van der Waals surface area contributed by atoms with Gasteiger partial charge >= 0.3 is 0 Å². The lowest BCUT2D eigenvalue weighted by Crippen LogP contribution is -2.06. The minimum Gasteiger partial charge on any atom is -0.366 e. The number of aromatic nitrogens is 3. The Labute approximate surface area is 115 Å². The van der Waals surface area contributed by atoms with E-state index in [-0.39, 0.29) is 0 Å². The molecule has 0 bridgehead atoms. The number of fused-ring (bicyclic) bond motifs is 1. The van der Waals surface area contributed by atoms with E-state index in [0.29, 0.717) is 6.04 Å². The molecule has 0 aliphatic heterocycles. The first-order valence-corrected chi connectivity index (χ1v) is 8.28. The molecule has 3 rings (SSSR count). The fourth-order valence-corrected chi connectivity index (χ4v) is 3.68. The van der Waals surface area contributed by atoms with Gasteiger partial charge < -0.3 is 5.32 Å². The van der Waals surface area contributed by atoms with E-state index >= 15 is 0 Å². The molecule has 2 aromatic heterocycles. The molecule has 1 N–H and O–H groups in total. The second kappa shape index (κ2) is 5.01. The van der Waals surface area contributed by atoms with E-state index in [9.17, 15) is 0 Å². The Morgan fingerprint density at radius 1 is 1.50 bits per heavy atom. The van der Waals surface area contributed by atoms with Gasteiger partial charge in [0.2, 0.25) is 0 Å². The third kappa shape index (κ3) is 2.31. The van der Waals surface area contributed by atoms with E-state index in [4.69, 9.17) is 0 Å². The maximum Gasteiger partial charge on any atom is 0.176 e. The highest BCUT2D eigenvalue weighted by atomic mass is 32.2. The fourth-order valence-electron chi connectivity index (χ4n) is 2.21. The molecule has 0 amide bonds. The molecule has 6 heteroatoms. The Kier molecular flexibility index (Phi) is 3.39. The van der Waals surface area contributed by atoms with Gasteiger partial charge in [0.25, 0.3) is 0 Å². The van der Waals surface area contributed by atoms with Crippen LogP contribution in [-0.4, -0.2) is 27.2 Å². The molecule has 4 nitrogen and oxygen atoms in total. The van der Waals surface area contributed by atoms with E-state index in [2.05, 4.69) is 27.2 Å². The van der Waals surface area contributed by atoms with Crippen molar-refractivity contribution < 1.29 is 0 Å². The maximum atomic E-state index is 4.47. The molecule has 1 saturated carbocycles. The highest BCUT2D eigenvalue weighted by molar-refractivity contribution is 8.00. The molecule has 0 spiro atoms. The van der Waals surface area contributed by atoms with Gasteiger partial charge in [-0.3, -0.25) is 0 Å². The van der Waals surface area contributed by atoms with E-state index < -0.39 is 0 Å². The van der Waals surface area contributed by atoms with Crippen LogP contribution in [-0.2, 0) is 0 Å². The fraction of sp³-hybridized carbons (Fsp3) is 0.583. The summed E-state index contributed by atoms with van der Waals surface area (Å²) in [5.41, 5.74) is 0.814. The van der Waals surface area contributed by atoms with Crippen molar-refractivity contribution in [2.24, 2.45) is 5.92 Å². The van der Waals surface area contributed by atoms with E-state index in [1.807, 2.05) is 6.26 Å². The zero-order chi connectivity index (χ0) is 12.5. The summed E-state index contributed by atoms with van der Waals surface area (Å²) < 4.78 is 2.14. The molecule has 2 atom stereocenters. The van der Waals surface area contributed by atoms with Crippen LogP contribution < -0.4 is 5.32 Å². The van der Waals surface area contributed by atoms with Crippen LogP contribution >= 0.6 is 23.1 Å². The zero-order valence-electron chi connectivity index (χ0n) is 10.5. The van der Waals surface area contributed by atoms with E-state index in [1.54, 1.807) is 29.4 Å². The molecule has 1 aliphatic carbocycles. The average molecular weight is 280 g/mol. The van der Waals surface area contributed by atoms with Gasteiger partial charge in [0.15, 0.2) is 9.99 Å². The van der Waals surface area contributed by atoms with Crippen molar-refractivity contribution in [3.63, 3.8) is 0 Å². The average Bonchev–Trinajstić information content (AvgIpc) is 2.95. The monoisotopic (exact) mass is 280 g/mol. The van der Waals surface area contributed by atoms with Crippen LogP contribution in [0.2, 0.25) is 0 Å². The van der Waals surface area contributed by atoms with Crippen molar-refractivity contribution in [2.75, 3.05) is 11.6 Å². The SMILES string of the molecule is CCCC1CC1Nc1ncnc2nc(SC)sc12. The number of thioether (sulfide) groups is 1. The molecule has 2 unspecified atom stereocenters. The Morgan fingerprint density at radius 3 is 3.17 bits per heavy atom. The first-order chi connectivity index (χ1) is 8.81. The molecule has 18 heavy (non-hydrogen) atoms. The second-order valence-electron chi connectivity index (χ2n) is 4.59. The van der Waals surface area contributed by atoms with Gasteiger partial charge in [0.05, 0.1) is 0 Å². The summed E-state index contributed by atoms with van der Waals surface area (Å²) in [5.74, 6) is 1.79. The van der Waals surface area contributed by atoms with Crippen LogP contribution in [0, 0.1) is 5.92 Å². The number of thiazole rings is 1. The number of nitrogens with zero attached hydrogens (tertiary/aromatic N) is 3. The lowest BCUT2D eigenvalue weighted by atomic mass is 10.2. The number of anilines is 1. The molecular formula is C12H16N4S2. The summed E-state index contributed by atoms with van der Waals surface area (Å²) in [4.78, 5) is 13.1. The third-order valence-electron chi connectivity index (χ3n) is 3.25. The van der Waals surface area contributed by atoms with Gasteiger partial charge in [-0.05, 0) is 25.0 Å². The van der Waals surface area contributed by atoms with Crippen LogP contribution in [0.4, 0.5) is 5.82 Å². The quantitative estimate of drug-likeness (QED) is 0.851. The molecule has 1 aliphatic rings. The Hall–Kier alpha value is -0.880. The van der Waals surface area contributed by atoms with Gasteiger partial charge in [-0.25, -0.2) is 15.0 Å². The molecule has 1 fully saturated rings. The van der Waals surface area contributed by atoms with Crippen LogP contribution in [0.5, 0.6) is 0 Å². The summed E-state index contributed by atoms with van der Waals surface area (Å²) in [7, 11) is 0. The van der Waals surface area contributed by atoms with Crippen molar-refractivity contribution >= 4 is 39.3 Å². The van der Waals surface area contributed by atoms with Crippen LogP contribution in [0.3, 0.4) is 0 Å². The van der Waals surface area contributed by atoms with Crippen LogP contribution in [0.1, 0.15) is 26.2 Å². The summed E-state index contributed by atoms with van der Waals surface area (Å²) in [6.07, 6.45) is 7.49. The van der Waals surface area contributed by atoms with Crippen molar-refractivity contribution in [2.45, 2.75) is 36.6 Å². The summed E-state index contributed by atoms with van der Waals surface area (Å²) >= 11 is 3.33. The molecule has 2 heterocycles. The minimum atomic E-state index is 0.600. The second-order valence-corrected chi connectivity index (χ2v) is 6.65. The number of rotatable bonds is 5. The van der Waals surface area contributed by atoms with Crippen LogP contribution in [0.15, 0.2) is 10.7 Å². The van der Waals surface area contributed by atoms with Gasteiger partial charge in [-0.1, -0.05) is 25.1 Å². The molecule has 0 saturated heterocycles. The van der Waals surface area contributed by atoms with Crippen molar-refractivity contribution in [1.82, 2.24) is 15.0 Å². The van der Waals surface area contributed by atoms with Crippen molar-refractivity contribution in [3.8, 4) is 0 Å². The Bertz CT molecular complexity index is 554. The lowest BCUT2D eigenvalue weighted by molar-refractivity contribution is 0.692. The van der Waals surface area contributed by atoms with Gasteiger partial charge in [-0.2, -0.15) is 0 Å². The Morgan fingerprint density at radius 2 is 2.39 bits per heavy atom. The first-order valence-electron chi connectivity index (χ1n) is 6.24. The molecular weight excluding hydrogens is 264 g/mol. The maximum absolute atomic E-state index is 4.47. The van der Waals surface area contributed by atoms with Crippen molar-refractivity contribution in [1.29, 1.82) is 0 Å². The standard InChI is InChI=1S/C12H16N4S2/c1-3-4-7-5-8(7)15-10-9-11(14-6-13-10)16-12(17-2)18-9/h6-8H,3-5H2,1-2H3,(H,13,14,15). The van der Waals surface area contributed by atoms with E-state index in [0.717, 1.165) is 26.4 Å². The summed E-state index contributed by atoms with van der Waals surface area (Å²) in [6, 6.07) is 0.600. The normalized spacial score (nSPS) is 22.3. The van der Waals surface area contributed by atoms with Gasteiger partial charge in [-0.15, -0.1) is 11.3 Å². The molecule has 96 valence electrons. The Balaban J connectivity index is 1.81. The van der Waals surface area contributed by atoms with Crippen molar-refractivity contribution in [3.05, 3.63) is 6.33 Å². The molecule has 0 aromatic carbocycles. The third-order valence-corrected chi connectivity index (χ3v) is 5.29. The van der Waals surface area contributed by atoms with Gasteiger partial charge in [0.1, 0.15) is 16.8 Å².